The summed E-state index contributed by atoms with van der Waals surface area (Å²) in [5.41, 5.74) is 3.16. The second-order valence-corrected chi connectivity index (χ2v) is 9.50. The molecule has 0 aromatic heterocycles. The van der Waals surface area contributed by atoms with Crippen LogP contribution in [0, 0.1) is 0 Å². The summed E-state index contributed by atoms with van der Waals surface area (Å²) in [6, 6.07) is 26.7. The number of ether oxygens (including phenoxy) is 4. The molecule has 4 aromatic rings. The van der Waals surface area contributed by atoms with E-state index in [1.54, 1.807) is 55.5 Å². The number of fused-ring (bicyclic) bond motifs is 2. The standard InChI is InChI=1S/C32H28N2O6/c1-37-23-12-7-20(8-13-23)30-29(31(35)33-21-9-16-27-28(19-21)40-18-17-39-27)25-5-3-4-6-26(25)32(36)34(30)22-10-14-24(38-2)15-11-22/h3-16,19,29-30H,17-18H2,1-2H3,(H,33,35). The van der Waals surface area contributed by atoms with Gasteiger partial charge in [0.2, 0.25) is 5.91 Å². The molecule has 202 valence electrons. The smallest absolute Gasteiger partial charge is 0.259 e. The molecule has 8 nitrogen and oxygen atoms in total. The van der Waals surface area contributed by atoms with E-state index in [-0.39, 0.29) is 11.8 Å². The topological polar surface area (TPSA) is 86.3 Å². The molecule has 2 heterocycles. The second-order valence-electron chi connectivity index (χ2n) is 9.50. The van der Waals surface area contributed by atoms with E-state index in [1.165, 1.54) is 0 Å². The van der Waals surface area contributed by atoms with Crippen LogP contribution in [0.1, 0.15) is 33.4 Å². The summed E-state index contributed by atoms with van der Waals surface area (Å²) < 4.78 is 22.1. The fourth-order valence-corrected chi connectivity index (χ4v) is 5.33. The third-order valence-electron chi connectivity index (χ3n) is 7.24. The lowest BCUT2D eigenvalue weighted by molar-refractivity contribution is -0.118. The first-order valence-electron chi connectivity index (χ1n) is 13.0. The van der Waals surface area contributed by atoms with Gasteiger partial charge in [0.1, 0.15) is 24.7 Å². The molecule has 2 aliphatic heterocycles. The Morgan fingerprint density at radius 2 is 1.48 bits per heavy atom. The van der Waals surface area contributed by atoms with E-state index < -0.39 is 12.0 Å². The van der Waals surface area contributed by atoms with Crippen LogP contribution in [0.3, 0.4) is 0 Å². The largest absolute Gasteiger partial charge is 0.497 e. The molecule has 2 atom stereocenters. The third kappa shape index (κ3) is 4.58. The highest BCUT2D eigenvalue weighted by molar-refractivity contribution is 6.12. The van der Waals surface area contributed by atoms with Crippen LogP contribution in [0.15, 0.2) is 91.0 Å². The van der Waals surface area contributed by atoms with Crippen LogP contribution >= 0.6 is 0 Å². The number of carbonyl (C=O) groups is 2. The minimum atomic E-state index is -0.724. The predicted molar refractivity (Wildman–Crippen MR) is 151 cm³/mol. The number of rotatable bonds is 6. The summed E-state index contributed by atoms with van der Waals surface area (Å²) in [4.78, 5) is 30.0. The van der Waals surface area contributed by atoms with Gasteiger partial charge < -0.3 is 24.3 Å². The Kier molecular flexibility index (Phi) is 6.74. The Balaban J connectivity index is 1.47. The number of hydrogen-bond acceptors (Lipinski definition) is 6. The van der Waals surface area contributed by atoms with E-state index in [0.717, 1.165) is 5.56 Å². The SMILES string of the molecule is COc1ccc(C2C(C(=O)Nc3ccc4c(c3)OCCO4)c3ccccc3C(=O)N2c2ccc(OC)cc2)cc1. The lowest BCUT2D eigenvalue weighted by Gasteiger charge is -2.42. The number of nitrogens with one attached hydrogen (secondary N) is 1. The zero-order valence-electron chi connectivity index (χ0n) is 22.1. The molecule has 6 rings (SSSR count). The van der Waals surface area contributed by atoms with Crippen molar-refractivity contribution in [2.24, 2.45) is 0 Å². The van der Waals surface area contributed by atoms with Crippen molar-refractivity contribution in [1.29, 1.82) is 0 Å². The number of carbonyl (C=O) groups excluding carboxylic acids is 2. The van der Waals surface area contributed by atoms with Crippen molar-refractivity contribution in [2.45, 2.75) is 12.0 Å². The van der Waals surface area contributed by atoms with Crippen LogP contribution in [-0.4, -0.2) is 39.2 Å². The fourth-order valence-electron chi connectivity index (χ4n) is 5.33. The van der Waals surface area contributed by atoms with Gasteiger partial charge in [-0.25, -0.2) is 0 Å². The van der Waals surface area contributed by atoms with Gasteiger partial charge in [-0.1, -0.05) is 30.3 Å². The van der Waals surface area contributed by atoms with Crippen LogP contribution in [-0.2, 0) is 4.79 Å². The fraction of sp³-hybridized carbons (Fsp3) is 0.188. The lowest BCUT2D eigenvalue weighted by atomic mass is 9.78. The van der Waals surface area contributed by atoms with Crippen molar-refractivity contribution in [3.63, 3.8) is 0 Å². The van der Waals surface area contributed by atoms with E-state index >= 15 is 0 Å². The van der Waals surface area contributed by atoms with E-state index in [2.05, 4.69) is 5.32 Å². The minimum absolute atomic E-state index is 0.190. The average molecular weight is 537 g/mol. The van der Waals surface area contributed by atoms with Crippen LogP contribution in [0.25, 0.3) is 0 Å². The van der Waals surface area contributed by atoms with E-state index in [9.17, 15) is 9.59 Å². The Morgan fingerprint density at radius 3 is 2.17 bits per heavy atom. The maximum Gasteiger partial charge on any atom is 0.259 e. The number of benzene rings is 4. The van der Waals surface area contributed by atoms with Gasteiger partial charge in [0.05, 0.1) is 26.2 Å². The molecule has 0 bridgehead atoms. The van der Waals surface area contributed by atoms with Gasteiger partial charge in [-0.3, -0.25) is 14.5 Å². The van der Waals surface area contributed by atoms with Crippen LogP contribution in [0.4, 0.5) is 11.4 Å². The molecular formula is C32H28N2O6. The quantitative estimate of drug-likeness (QED) is 0.345. The summed E-state index contributed by atoms with van der Waals surface area (Å²) in [5.74, 6) is 1.40. The maximum atomic E-state index is 14.2. The van der Waals surface area contributed by atoms with Crippen molar-refractivity contribution < 1.29 is 28.5 Å². The Bertz CT molecular complexity index is 1550. The average Bonchev–Trinajstić information content (AvgIpc) is 3.01. The van der Waals surface area contributed by atoms with E-state index in [4.69, 9.17) is 18.9 Å². The molecular weight excluding hydrogens is 508 g/mol. The summed E-state index contributed by atoms with van der Waals surface area (Å²) in [6.07, 6.45) is 0. The molecule has 0 saturated carbocycles. The maximum absolute atomic E-state index is 14.2. The van der Waals surface area contributed by atoms with Gasteiger partial charge >= 0.3 is 0 Å². The molecule has 0 fully saturated rings. The molecule has 1 N–H and O–H groups in total. The van der Waals surface area contributed by atoms with Crippen LogP contribution < -0.4 is 29.2 Å². The first-order chi connectivity index (χ1) is 19.6. The summed E-state index contributed by atoms with van der Waals surface area (Å²) in [6.45, 7) is 0.926. The van der Waals surface area contributed by atoms with Gasteiger partial charge in [0.25, 0.3) is 5.91 Å². The molecule has 4 aromatic carbocycles. The molecule has 8 heteroatoms. The molecule has 2 aliphatic rings. The van der Waals surface area contributed by atoms with Gasteiger partial charge in [0.15, 0.2) is 11.5 Å². The van der Waals surface area contributed by atoms with Gasteiger partial charge in [0, 0.05) is 23.0 Å². The third-order valence-corrected chi connectivity index (χ3v) is 7.24. The number of amides is 2. The normalized spacial score (nSPS) is 17.6. The second kappa shape index (κ2) is 10.6. The van der Waals surface area contributed by atoms with Gasteiger partial charge in [-0.05, 0) is 65.7 Å². The van der Waals surface area contributed by atoms with E-state index in [1.807, 2.05) is 54.6 Å². The van der Waals surface area contributed by atoms with Gasteiger partial charge in [-0.15, -0.1) is 0 Å². The molecule has 0 spiro atoms. The van der Waals surface area contributed by atoms with E-state index in [0.29, 0.717) is 58.7 Å². The van der Waals surface area contributed by atoms with Crippen molar-refractivity contribution >= 4 is 23.2 Å². The van der Waals surface area contributed by atoms with Crippen molar-refractivity contribution in [2.75, 3.05) is 37.7 Å². The molecule has 0 saturated heterocycles. The zero-order chi connectivity index (χ0) is 27.6. The highest BCUT2D eigenvalue weighted by Gasteiger charge is 2.45. The molecule has 0 aliphatic carbocycles. The Morgan fingerprint density at radius 1 is 0.825 bits per heavy atom. The summed E-state index contributed by atoms with van der Waals surface area (Å²) in [5, 5.41) is 3.07. The number of anilines is 2. The highest BCUT2D eigenvalue weighted by atomic mass is 16.6. The molecule has 40 heavy (non-hydrogen) atoms. The minimum Gasteiger partial charge on any atom is -0.497 e. The monoisotopic (exact) mass is 536 g/mol. The number of nitrogens with zero attached hydrogens (tertiary/aromatic N) is 1. The van der Waals surface area contributed by atoms with Crippen LogP contribution in [0.5, 0.6) is 23.0 Å². The Hall–Kier alpha value is -4.98. The number of hydrogen-bond donors (Lipinski definition) is 1. The molecule has 0 radical (unpaired) electrons. The first kappa shape index (κ1) is 25.3. The first-order valence-corrected chi connectivity index (χ1v) is 13.0. The Labute approximate surface area is 232 Å². The number of methoxy groups -OCH3 is 2. The summed E-state index contributed by atoms with van der Waals surface area (Å²) in [7, 11) is 3.19. The predicted octanol–water partition coefficient (Wildman–Crippen LogP) is 5.60. The zero-order valence-corrected chi connectivity index (χ0v) is 22.1. The van der Waals surface area contributed by atoms with Crippen molar-refractivity contribution in [3.8, 4) is 23.0 Å². The molecule has 2 unspecified atom stereocenters. The summed E-state index contributed by atoms with van der Waals surface area (Å²) >= 11 is 0. The van der Waals surface area contributed by atoms with Crippen molar-refractivity contribution in [3.05, 3.63) is 108 Å². The van der Waals surface area contributed by atoms with Crippen molar-refractivity contribution in [1.82, 2.24) is 0 Å². The van der Waals surface area contributed by atoms with Gasteiger partial charge in [-0.2, -0.15) is 0 Å². The lowest BCUT2D eigenvalue weighted by Crippen LogP contribution is -2.46. The molecule has 2 amide bonds. The highest BCUT2D eigenvalue weighted by Crippen LogP contribution is 2.46. The van der Waals surface area contributed by atoms with Crippen LogP contribution in [0.2, 0.25) is 0 Å².